The topological polar surface area (TPSA) is 50.4 Å². The van der Waals surface area contributed by atoms with Gasteiger partial charge in [0.2, 0.25) is 5.95 Å². The molecule has 5 heteroatoms. The summed E-state index contributed by atoms with van der Waals surface area (Å²) in [5, 5.41) is 0. The van der Waals surface area contributed by atoms with Crippen molar-refractivity contribution >= 4 is 5.95 Å². The van der Waals surface area contributed by atoms with E-state index in [1.165, 1.54) is 0 Å². The lowest BCUT2D eigenvalue weighted by Crippen LogP contribution is -2.10. The summed E-state index contributed by atoms with van der Waals surface area (Å²) in [5.74, 6) is 2.47. The number of aromatic nitrogens is 2. The van der Waals surface area contributed by atoms with Crippen LogP contribution in [0.4, 0.5) is 5.95 Å². The number of rotatable bonds is 5. The molecule has 0 fully saturated rings. The van der Waals surface area contributed by atoms with Crippen LogP contribution in [0.1, 0.15) is 0 Å². The number of methoxy groups -OCH3 is 2. The van der Waals surface area contributed by atoms with Gasteiger partial charge in [-0.25, -0.2) is 4.98 Å². The van der Waals surface area contributed by atoms with E-state index in [4.69, 9.17) is 14.5 Å². The Bertz CT molecular complexity index is 741. The molecule has 3 rings (SSSR count). The van der Waals surface area contributed by atoms with Gasteiger partial charge in [-0.05, 0) is 48.5 Å². The third-order valence-corrected chi connectivity index (χ3v) is 3.86. The summed E-state index contributed by atoms with van der Waals surface area (Å²) in [6, 6.07) is 15.9. The molecule has 3 aromatic rings. The van der Waals surface area contributed by atoms with Crippen molar-refractivity contribution in [3.63, 3.8) is 0 Å². The van der Waals surface area contributed by atoms with Crippen LogP contribution in [0, 0.1) is 0 Å². The Morgan fingerprint density at radius 1 is 0.792 bits per heavy atom. The summed E-state index contributed by atoms with van der Waals surface area (Å²) in [7, 11) is 7.26. The van der Waals surface area contributed by atoms with Crippen molar-refractivity contribution < 1.29 is 9.47 Å². The van der Waals surface area contributed by atoms with Crippen LogP contribution < -0.4 is 14.4 Å². The fourth-order valence-corrected chi connectivity index (χ4v) is 2.50. The molecule has 0 saturated heterocycles. The molecule has 0 bridgehead atoms. The molecule has 0 radical (unpaired) electrons. The van der Waals surface area contributed by atoms with E-state index in [0.717, 1.165) is 40.0 Å². The number of hydrogen-bond acceptors (Lipinski definition) is 4. The van der Waals surface area contributed by atoms with E-state index in [1.807, 2.05) is 67.5 Å². The Hall–Kier alpha value is -2.95. The zero-order valence-corrected chi connectivity index (χ0v) is 14.3. The standard InChI is InChI=1S/C19H21N3O2/c1-22(2)19-20-17(13-5-9-15(23-3)10-6-13)18(21-19)14-7-11-16(24-4)12-8-14/h5-12H,1-4H3,(H,20,21). The average Bonchev–Trinajstić information content (AvgIpc) is 3.07. The molecule has 0 amide bonds. The zero-order valence-electron chi connectivity index (χ0n) is 14.3. The van der Waals surface area contributed by atoms with Crippen molar-refractivity contribution in [2.45, 2.75) is 0 Å². The quantitative estimate of drug-likeness (QED) is 0.775. The van der Waals surface area contributed by atoms with Gasteiger partial charge in [0.05, 0.1) is 25.6 Å². The smallest absolute Gasteiger partial charge is 0.203 e. The molecule has 1 N–H and O–H groups in total. The third kappa shape index (κ3) is 3.06. The second-order valence-electron chi connectivity index (χ2n) is 5.64. The molecule has 0 aliphatic rings. The van der Waals surface area contributed by atoms with E-state index < -0.39 is 0 Å². The van der Waals surface area contributed by atoms with Gasteiger partial charge in [-0.15, -0.1) is 0 Å². The lowest BCUT2D eigenvalue weighted by molar-refractivity contribution is 0.414. The number of nitrogens with zero attached hydrogens (tertiary/aromatic N) is 2. The van der Waals surface area contributed by atoms with Crippen molar-refractivity contribution in [3.05, 3.63) is 48.5 Å². The number of ether oxygens (including phenoxy) is 2. The Morgan fingerprint density at radius 2 is 1.29 bits per heavy atom. The molecule has 0 aliphatic heterocycles. The summed E-state index contributed by atoms with van der Waals surface area (Å²) in [6.45, 7) is 0. The number of H-pyrrole nitrogens is 1. The predicted molar refractivity (Wildman–Crippen MR) is 96.9 cm³/mol. The summed E-state index contributed by atoms with van der Waals surface area (Å²) in [5.41, 5.74) is 3.98. The first-order valence-electron chi connectivity index (χ1n) is 7.68. The van der Waals surface area contributed by atoms with Gasteiger partial charge in [0, 0.05) is 25.2 Å². The fraction of sp³-hybridized carbons (Fsp3) is 0.211. The molecule has 0 unspecified atom stereocenters. The van der Waals surface area contributed by atoms with Gasteiger partial charge in [0.15, 0.2) is 0 Å². The second-order valence-corrected chi connectivity index (χ2v) is 5.64. The van der Waals surface area contributed by atoms with Crippen LogP contribution in [0.15, 0.2) is 48.5 Å². The van der Waals surface area contributed by atoms with E-state index in [1.54, 1.807) is 14.2 Å². The van der Waals surface area contributed by atoms with Gasteiger partial charge in [-0.2, -0.15) is 0 Å². The summed E-state index contributed by atoms with van der Waals surface area (Å²) >= 11 is 0. The van der Waals surface area contributed by atoms with Crippen LogP contribution in [-0.2, 0) is 0 Å². The number of imidazole rings is 1. The molecule has 1 aromatic heterocycles. The Balaban J connectivity index is 2.09. The zero-order chi connectivity index (χ0) is 17.1. The largest absolute Gasteiger partial charge is 0.497 e. The minimum absolute atomic E-state index is 0.812. The maximum atomic E-state index is 5.24. The van der Waals surface area contributed by atoms with E-state index >= 15 is 0 Å². The highest BCUT2D eigenvalue weighted by molar-refractivity contribution is 5.80. The van der Waals surface area contributed by atoms with Gasteiger partial charge in [0.25, 0.3) is 0 Å². The van der Waals surface area contributed by atoms with Crippen molar-refractivity contribution in [1.29, 1.82) is 0 Å². The van der Waals surface area contributed by atoms with Crippen LogP contribution >= 0.6 is 0 Å². The van der Waals surface area contributed by atoms with Crippen LogP contribution in [0.2, 0.25) is 0 Å². The number of nitrogens with one attached hydrogen (secondary N) is 1. The molecule has 124 valence electrons. The highest BCUT2D eigenvalue weighted by atomic mass is 16.5. The molecule has 0 spiro atoms. The SMILES string of the molecule is COc1ccc(-c2nc(N(C)C)[nH]c2-c2ccc(OC)cc2)cc1. The molecule has 5 nitrogen and oxygen atoms in total. The first-order chi connectivity index (χ1) is 11.6. The van der Waals surface area contributed by atoms with Gasteiger partial charge in [0.1, 0.15) is 11.5 Å². The first kappa shape index (κ1) is 15.9. The summed E-state index contributed by atoms with van der Waals surface area (Å²) in [4.78, 5) is 10.1. The van der Waals surface area contributed by atoms with Gasteiger partial charge in [-0.1, -0.05) is 0 Å². The predicted octanol–water partition coefficient (Wildman–Crippen LogP) is 3.83. The average molecular weight is 323 g/mol. The van der Waals surface area contributed by atoms with E-state index in [2.05, 4.69) is 4.98 Å². The second kappa shape index (κ2) is 6.66. The normalized spacial score (nSPS) is 10.5. The molecule has 0 aliphatic carbocycles. The Labute approximate surface area is 141 Å². The van der Waals surface area contributed by atoms with Crippen molar-refractivity contribution in [1.82, 2.24) is 9.97 Å². The number of anilines is 1. The fourth-order valence-electron chi connectivity index (χ4n) is 2.50. The van der Waals surface area contributed by atoms with E-state index in [0.29, 0.717) is 0 Å². The van der Waals surface area contributed by atoms with Crippen LogP contribution in [0.5, 0.6) is 11.5 Å². The molecule has 1 heterocycles. The van der Waals surface area contributed by atoms with Gasteiger partial charge >= 0.3 is 0 Å². The van der Waals surface area contributed by atoms with E-state index in [-0.39, 0.29) is 0 Å². The third-order valence-electron chi connectivity index (χ3n) is 3.86. The summed E-state index contributed by atoms with van der Waals surface area (Å²) < 4.78 is 10.5. The van der Waals surface area contributed by atoms with Gasteiger partial charge in [-0.3, -0.25) is 0 Å². The monoisotopic (exact) mass is 323 g/mol. The Kier molecular flexibility index (Phi) is 4.42. The maximum Gasteiger partial charge on any atom is 0.203 e. The van der Waals surface area contributed by atoms with Crippen molar-refractivity contribution in [2.24, 2.45) is 0 Å². The first-order valence-corrected chi connectivity index (χ1v) is 7.68. The van der Waals surface area contributed by atoms with Gasteiger partial charge < -0.3 is 19.4 Å². The lowest BCUT2D eigenvalue weighted by atomic mass is 10.0. The lowest BCUT2D eigenvalue weighted by Gasteiger charge is -2.06. The van der Waals surface area contributed by atoms with Crippen LogP contribution in [-0.4, -0.2) is 38.3 Å². The number of benzene rings is 2. The molecule has 24 heavy (non-hydrogen) atoms. The van der Waals surface area contributed by atoms with Crippen LogP contribution in [0.3, 0.4) is 0 Å². The maximum absolute atomic E-state index is 5.24. The Morgan fingerprint density at radius 3 is 1.75 bits per heavy atom. The van der Waals surface area contributed by atoms with Crippen molar-refractivity contribution in [2.75, 3.05) is 33.2 Å². The number of hydrogen-bond donors (Lipinski definition) is 1. The molecular formula is C19H21N3O2. The molecular weight excluding hydrogens is 302 g/mol. The molecule has 0 atom stereocenters. The highest BCUT2D eigenvalue weighted by Gasteiger charge is 2.15. The molecule has 2 aromatic carbocycles. The highest BCUT2D eigenvalue weighted by Crippen LogP contribution is 2.33. The van der Waals surface area contributed by atoms with E-state index in [9.17, 15) is 0 Å². The molecule has 0 saturated carbocycles. The minimum atomic E-state index is 0.812. The number of aromatic amines is 1. The summed E-state index contributed by atoms with van der Waals surface area (Å²) in [6.07, 6.45) is 0. The minimum Gasteiger partial charge on any atom is -0.497 e. The van der Waals surface area contributed by atoms with Crippen LogP contribution in [0.25, 0.3) is 22.5 Å². The van der Waals surface area contributed by atoms with Crippen molar-refractivity contribution in [3.8, 4) is 34.0 Å².